The van der Waals surface area contributed by atoms with Gasteiger partial charge in [-0.15, -0.1) is 11.8 Å². The van der Waals surface area contributed by atoms with Gasteiger partial charge in [0.1, 0.15) is 0 Å². The molecule has 2 rings (SSSR count). The lowest BCUT2D eigenvalue weighted by atomic mass is 9.95. The Kier molecular flexibility index (Phi) is 4.52. The van der Waals surface area contributed by atoms with Crippen molar-refractivity contribution >= 4 is 11.8 Å². The molecule has 1 aromatic carbocycles. The molecule has 1 aromatic rings. The molecule has 0 aromatic heterocycles. The van der Waals surface area contributed by atoms with E-state index in [1.807, 2.05) is 0 Å². The molecule has 0 saturated heterocycles. The molecule has 0 radical (unpaired) electrons. The van der Waals surface area contributed by atoms with E-state index in [0.717, 1.165) is 5.92 Å². The maximum atomic E-state index is 3.52. The molecular formula is C15H23NS. The largest absolute Gasteiger partial charge is 0.316 e. The molecule has 0 aliphatic carbocycles. The molecule has 1 N–H and O–H groups in total. The fraction of sp³-hybridized carbons (Fsp3) is 0.600. The van der Waals surface area contributed by atoms with E-state index in [-0.39, 0.29) is 0 Å². The van der Waals surface area contributed by atoms with E-state index in [9.17, 15) is 0 Å². The summed E-state index contributed by atoms with van der Waals surface area (Å²) in [6.45, 7) is 4.64. The summed E-state index contributed by atoms with van der Waals surface area (Å²) in [5, 5.41) is 4.24. The van der Waals surface area contributed by atoms with Crippen molar-refractivity contribution in [3.63, 3.8) is 0 Å². The lowest BCUT2D eigenvalue weighted by Gasteiger charge is -2.25. The maximum Gasteiger partial charge on any atom is 0.0289 e. The second-order valence-electron chi connectivity index (χ2n) is 5.11. The zero-order valence-electron chi connectivity index (χ0n) is 11.1. The molecule has 0 bridgehead atoms. The normalized spacial score (nSPS) is 22.2. The van der Waals surface area contributed by atoms with Crippen LogP contribution in [-0.4, -0.2) is 18.3 Å². The molecule has 0 spiro atoms. The van der Waals surface area contributed by atoms with Crippen LogP contribution in [0.1, 0.15) is 32.3 Å². The van der Waals surface area contributed by atoms with Crippen LogP contribution >= 0.6 is 11.8 Å². The van der Waals surface area contributed by atoms with Crippen LogP contribution in [0.3, 0.4) is 0 Å². The van der Waals surface area contributed by atoms with E-state index >= 15 is 0 Å². The van der Waals surface area contributed by atoms with Gasteiger partial charge in [0, 0.05) is 16.2 Å². The average Bonchev–Trinajstić information content (AvgIpc) is 2.78. The molecule has 94 valence electrons. The van der Waals surface area contributed by atoms with E-state index in [0.29, 0.717) is 11.3 Å². The van der Waals surface area contributed by atoms with Crippen molar-refractivity contribution in [1.82, 2.24) is 5.32 Å². The number of hydrogen-bond acceptors (Lipinski definition) is 2. The number of rotatable bonds is 5. The first-order valence-electron chi connectivity index (χ1n) is 6.66. The van der Waals surface area contributed by atoms with Crippen LogP contribution in [-0.2, 0) is 6.42 Å². The Morgan fingerprint density at radius 1 is 1.41 bits per heavy atom. The molecule has 1 heterocycles. The molecule has 0 amide bonds. The van der Waals surface area contributed by atoms with Crippen LogP contribution in [0.25, 0.3) is 0 Å². The Balaban J connectivity index is 2.00. The smallest absolute Gasteiger partial charge is 0.0289 e. The molecule has 17 heavy (non-hydrogen) atoms. The summed E-state index contributed by atoms with van der Waals surface area (Å²) in [5.41, 5.74) is 1.53. The minimum atomic E-state index is 0.641. The van der Waals surface area contributed by atoms with E-state index in [2.05, 4.69) is 62.2 Å². The minimum absolute atomic E-state index is 0.641. The predicted molar refractivity (Wildman–Crippen MR) is 76.7 cm³/mol. The number of fused-ring (bicyclic) bond motifs is 1. The molecule has 1 aliphatic heterocycles. The molecule has 2 heteroatoms. The highest BCUT2D eigenvalue weighted by atomic mass is 32.2. The molecule has 0 saturated carbocycles. The molecule has 1 nitrogen and oxygen atoms in total. The number of thioether (sulfide) groups is 1. The Hall–Kier alpha value is -0.470. The standard InChI is InChI=1S/C15H23NS/c1-4-11(2)9-13(16-3)15-10-12-7-5-6-8-14(12)17-15/h5-8,11,13,15-16H,4,9-10H2,1-3H3. The van der Waals surface area contributed by atoms with Crippen LogP contribution in [0.15, 0.2) is 29.2 Å². The molecular weight excluding hydrogens is 226 g/mol. The van der Waals surface area contributed by atoms with E-state index in [1.54, 1.807) is 0 Å². The van der Waals surface area contributed by atoms with Gasteiger partial charge in [-0.25, -0.2) is 0 Å². The topological polar surface area (TPSA) is 12.0 Å². The SMILES string of the molecule is CCC(C)CC(NC)C1Cc2ccccc2S1. The van der Waals surface area contributed by atoms with Crippen LogP contribution in [0.4, 0.5) is 0 Å². The first-order valence-corrected chi connectivity index (χ1v) is 7.54. The lowest BCUT2D eigenvalue weighted by Crippen LogP contribution is -2.37. The summed E-state index contributed by atoms with van der Waals surface area (Å²) < 4.78 is 0. The third-order valence-electron chi connectivity index (χ3n) is 3.84. The van der Waals surface area contributed by atoms with Gasteiger partial charge in [0.2, 0.25) is 0 Å². The quantitative estimate of drug-likeness (QED) is 0.853. The van der Waals surface area contributed by atoms with E-state index in [1.165, 1.54) is 29.7 Å². The number of nitrogens with one attached hydrogen (secondary N) is 1. The number of hydrogen-bond donors (Lipinski definition) is 1. The van der Waals surface area contributed by atoms with Crippen molar-refractivity contribution in [3.8, 4) is 0 Å². The molecule has 1 aliphatic rings. The van der Waals surface area contributed by atoms with Gasteiger partial charge in [0.25, 0.3) is 0 Å². The van der Waals surface area contributed by atoms with Gasteiger partial charge in [-0.1, -0.05) is 38.5 Å². The van der Waals surface area contributed by atoms with Crippen molar-refractivity contribution in [2.75, 3.05) is 7.05 Å². The first-order chi connectivity index (χ1) is 8.24. The van der Waals surface area contributed by atoms with Gasteiger partial charge in [0.15, 0.2) is 0 Å². The third-order valence-corrected chi connectivity index (χ3v) is 5.30. The van der Waals surface area contributed by atoms with Crippen molar-refractivity contribution in [1.29, 1.82) is 0 Å². The summed E-state index contributed by atoms with van der Waals surface area (Å²) >= 11 is 2.06. The molecule has 3 unspecified atom stereocenters. The van der Waals surface area contributed by atoms with Crippen LogP contribution < -0.4 is 5.32 Å². The summed E-state index contributed by atoms with van der Waals surface area (Å²) in [6, 6.07) is 9.48. The number of benzene rings is 1. The van der Waals surface area contributed by atoms with Crippen LogP contribution in [0.5, 0.6) is 0 Å². The van der Waals surface area contributed by atoms with E-state index < -0.39 is 0 Å². The van der Waals surface area contributed by atoms with E-state index in [4.69, 9.17) is 0 Å². The molecule has 3 atom stereocenters. The zero-order valence-corrected chi connectivity index (χ0v) is 11.9. The van der Waals surface area contributed by atoms with Crippen molar-refractivity contribution in [2.24, 2.45) is 5.92 Å². The second-order valence-corrected chi connectivity index (χ2v) is 6.39. The van der Waals surface area contributed by atoms with Gasteiger partial charge in [-0.2, -0.15) is 0 Å². The predicted octanol–water partition coefficient (Wildman–Crippen LogP) is 3.73. The first kappa shape index (κ1) is 13.0. The van der Waals surface area contributed by atoms with Gasteiger partial charge in [-0.05, 0) is 37.4 Å². The van der Waals surface area contributed by atoms with Gasteiger partial charge >= 0.3 is 0 Å². The highest BCUT2D eigenvalue weighted by Crippen LogP contribution is 2.39. The Labute approximate surface area is 109 Å². The highest BCUT2D eigenvalue weighted by molar-refractivity contribution is 8.00. The summed E-state index contributed by atoms with van der Waals surface area (Å²) in [7, 11) is 2.11. The van der Waals surface area contributed by atoms with Gasteiger partial charge < -0.3 is 5.32 Å². The Morgan fingerprint density at radius 3 is 2.82 bits per heavy atom. The summed E-state index contributed by atoms with van der Waals surface area (Å²) in [4.78, 5) is 1.49. The van der Waals surface area contributed by atoms with Gasteiger partial charge in [-0.3, -0.25) is 0 Å². The Morgan fingerprint density at radius 2 is 2.18 bits per heavy atom. The maximum absolute atomic E-state index is 3.52. The lowest BCUT2D eigenvalue weighted by molar-refractivity contribution is 0.403. The average molecular weight is 249 g/mol. The Bertz CT molecular complexity index is 339. The summed E-state index contributed by atoms with van der Waals surface area (Å²) in [6.07, 6.45) is 3.80. The highest BCUT2D eigenvalue weighted by Gasteiger charge is 2.28. The zero-order chi connectivity index (χ0) is 12.3. The van der Waals surface area contributed by atoms with Crippen LogP contribution in [0, 0.1) is 5.92 Å². The van der Waals surface area contributed by atoms with Crippen molar-refractivity contribution in [2.45, 2.75) is 49.3 Å². The van der Waals surface area contributed by atoms with Gasteiger partial charge in [0.05, 0.1) is 0 Å². The van der Waals surface area contributed by atoms with Crippen molar-refractivity contribution < 1.29 is 0 Å². The fourth-order valence-corrected chi connectivity index (χ4v) is 3.95. The second kappa shape index (κ2) is 5.92. The minimum Gasteiger partial charge on any atom is -0.316 e. The van der Waals surface area contributed by atoms with Crippen LogP contribution in [0.2, 0.25) is 0 Å². The van der Waals surface area contributed by atoms with Crippen molar-refractivity contribution in [3.05, 3.63) is 29.8 Å². The summed E-state index contributed by atoms with van der Waals surface area (Å²) in [5.74, 6) is 0.816. The third kappa shape index (κ3) is 3.05. The monoisotopic (exact) mass is 249 g/mol. The molecule has 0 fully saturated rings. The fourth-order valence-electron chi connectivity index (χ4n) is 2.49.